The topological polar surface area (TPSA) is 46.2 Å². The molecule has 0 aliphatic carbocycles. The van der Waals surface area contributed by atoms with Gasteiger partial charge in [-0.3, -0.25) is 0 Å². The third-order valence-corrected chi connectivity index (χ3v) is 4.19. The van der Waals surface area contributed by atoms with Gasteiger partial charge in [-0.25, -0.2) is 13.1 Å². The monoisotopic (exact) mass is 295 g/mol. The van der Waals surface area contributed by atoms with Gasteiger partial charge >= 0.3 is 6.18 Å². The lowest BCUT2D eigenvalue weighted by Gasteiger charge is -2.23. The summed E-state index contributed by atoms with van der Waals surface area (Å²) in [6, 6.07) is 3.30. The molecular formula is C12H16F3NO2S. The van der Waals surface area contributed by atoms with Crippen LogP contribution in [0.1, 0.15) is 31.9 Å². The van der Waals surface area contributed by atoms with Crippen molar-refractivity contribution in [3.8, 4) is 0 Å². The van der Waals surface area contributed by atoms with Gasteiger partial charge < -0.3 is 0 Å². The second-order valence-corrected chi connectivity index (χ2v) is 6.92. The average Bonchev–Trinajstić information content (AvgIpc) is 2.11. The van der Waals surface area contributed by atoms with Crippen LogP contribution in [-0.2, 0) is 16.2 Å². The number of halogens is 3. The molecule has 0 amide bonds. The summed E-state index contributed by atoms with van der Waals surface area (Å²) >= 11 is 0. The third kappa shape index (κ3) is 3.94. The van der Waals surface area contributed by atoms with Gasteiger partial charge in [0.2, 0.25) is 10.0 Å². The molecule has 7 heteroatoms. The first-order chi connectivity index (χ1) is 8.34. The molecule has 1 aromatic carbocycles. The first kappa shape index (κ1) is 16.0. The highest BCUT2D eigenvalue weighted by Gasteiger charge is 2.38. The van der Waals surface area contributed by atoms with Gasteiger partial charge in [-0.15, -0.1) is 0 Å². The van der Waals surface area contributed by atoms with Crippen molar-refractivity contribution in [2.75, 3.05) is 0 Å². The summed E-state index contributed by atoms with van der Waals surface area (Å²) in [6.45, 7) is 6.04. The fourth-order valence-corrected chi connectivity index (χ4v) is 3.56. The van der Waals surface area contributed by atoms with Gasteiger partial charge in [0, 0.05) is 5.54 Å². The summed E-state index contributed by atoms with van der Waals surface area (Å²) in [7, 11) is -4.23. The number of sulfonamides is 1. The molecule has 3 nitrogen and oxygen atoms in total. The largest absolute Gasteiger partial charge is 0.417 e. The zero-order valence-corrected chi connectivity index (χ0v) is 11.9. The van der Waals surface area contributed by atoms with E-state index in [0.717, 1.165) is 6.07 Å². The Bertz CT molecular complexity index is 572. The Morgan fingerprint density at radius 1 is 1.11 bits per heavy atom. The Morgan fingerprint density at radius 2 is 1.63 bits per heavy atom. The van der Waals surface area contributed by atoms with E-state index in [1.54, 1.807) is 20.8 Å². The Labute approximate surface area is 110 Å². The zero-order valence-electron chi connectivity index (χ0n) is 11.1. The van der Waals surface area contributed by atoms with Crippen LogP contribution in [0, 0.1) is 6.92 Å². The van der Waals surface area contributed by atoms with Crippen molar-refractivity contribution >= 4 is 10.0 Å². The van der Waals surface area contributed by atoms with Gasteiger partial charge in [0.15, 0.2) is 0 Å². The minimum Gasteiger partial charge on any atom is -0.207 e. The molecule has 0 saturated heterocycles. The van der Waals surface area contributed by atoms with E-state index >= 15 is 0 Å². The highest BCUT2D eigenvalue weighted by molar-refractivity contribution is 7.89. The van der Waals surface area contributed by atoms with Crippen LogP contribution in [0.2, 0.25) is 0 Å². The van der Waals surface area contributed by atoms with E-state index < -0.39 is 32.2 Å². The highest BCUT2D eigenvalue weighted by atomic mass is 32.2. The maximum absolute atomic E-state index is 12.9. The lowest BCUT2D eigenvalue weighted by molar-refractivity contribution is -0.140. The van der Waals surface area contributed by atoms with E-state index in [9.17, 15) is 21.6 Å². The second kappa shape index (κ2) is 4.79. The normalized spacial score (nSPS) is 13.6. The molecule has 0 spiro atoms. The van der Waals surface area contributed by atoms with Crippen molar-refractivity contribution in [2.24, 2.45) is 0 Å². The summed E-state index contributed by atoms with van der Waals surface area (Å²) in [6.07, 6.45) is -4.71. The molecule has 0 aliphatic rings. The van der Waals surface area contributed by atoms with E-state index in [4.69, 9.17) is 0 Å². The highest BCUT2D eigenvalue weighted by Crippen LogP contribution is 2.35. The Kier molecular flexibility index (Phi) is 4.03. The van der Waals surface area contributed by atoms with Gasteiger partial charge in [0.1, 0.15) is 0 Å². The fraction of sp³-hybridized carbons (Fsp3) is 0.500. The number of benzene rings is 1. The second-order valence-electron chi connectivity index (χ2n) is 5.30. The number of aryl methyl sites for hydroxylation is 1. The van der Waals surface area contributed by atoms with Crippen LogP contribution in [0.4, 0.5) is 13.2 Å². The van der Waals surface area contributed by atoms with Gasteiger partial charge in [-0.05, 0) is 39.3 Å². The Morgan fingerprint density at radius 3 is 2.05 bits per heavy atom. The number of hydrogen-bond donors (Lipinski definition) is 1. The zero-order chi connectivity index (χ0) is 15.1. The molecule has 108 valence electrons. The van der Waals surface area contributed by atoms with Crippen LogP contribution in [0.25, 0.3) is 0 Å². The lowest BCUT2D eigenvalue weighted by Crippen LogP contribution is -2.41. The van der Waals surface area contributed by atoms with Crippen LogP contribution in [-0.4, -0.2) is 14.0 Å². The van der Waals surface area contributed by atoms with Crippen molar-refractivity contribution < 1.29 is 21.6 Å². The number of rotatable bonds is 2. The van der Waals surface area contributed by atoms with E-state index in [1.807, 2.05) is 0 Å². The molecule has 1 rings (SSSR count). The molecule has 0 aliphatic heterocycles. The first-order valence-electron chi connectivity index (χ1n) is 5.55. The molecule has 0 radical (unpaired) electrons. The lowest BCUT2D eigenvalue weighted by atomic mass is 10.1. The van der Waals surface area contributed by atoms with Gasteiger partial charge in [-0.1, -0.05) is 12.1 Å². The molecule has 19 heavy (non-hydrogen) atoms. The van der Waals surface area contributed by atoms with E-state index in [1.165, 1.54) is 19.1 Å². The summed E-state index contributed by atoms with van der Waals surface area (Å²) < 4.78 is 65.2. The van der Waals surface area contributed by atoms with Crippen molar-refractivity contribution in [1.29, 1.82) is 0 Å². The molecule has 0 unspecified atom stereocenters. The SMILES string of the molecule is Cc1cccc(C(F)(F)F)c1S(=O)(=O)NC(C)(C)C. The quantitative estimate of drug-likeness (QED) is 0.911. The van der Waals surface area contributed by atoms with Crippen LogP contribution in [0.5, 0.6) is 0 Å². The van der Waals surface area contributed by atoms with Crippen LogP contribution in [0.15, 0.2) is 23.1 Å². The van der Waals surface area contributed by atoms with E-state index in [2.05, 4.69) is 4.72 Å². The smallest absolute Gasteiger partial charge is 0.207 e. The summed E-state index contributed by atoms with van der Waals surface area (Å²) in [5, 5.41) is 0. The minimum atomic E-state index is -4.71. The van der Waals surface area contributed by atoms with Gasteiger partial charge in [-0.2, -0.15) is 13.2 Å². The maximum atomic E-state index is 12.9. The van der Waals surface area contributed by atoms with Crippen molar-refractivity contribution in [1.82, 2.24) is 4.72 Å². The molecule has 1 aromatic rings. The molecule has 0 atom stereocenters. The number of alkyl halides is 3. The molecule has 0 fully saturated rings. The Hall–Kier alpha value is -1.08. The predicted octanol–water partition coefficient (Wildman–Crippen LogP) is 3.09. The summed E-state index contributed by atoms with van der Waals surface area (Å²) in [4.78, 5) is -0.711. The molecule has 0 bridgehead atoms. The van der Waals surface area contributed by atoms with Crippen molar-refractivity contribution in [3.63, 3.8) is 0 Å². The molecule has 0 saturated carbocycles. The van der Waals surface area contributed by atoms with Crippen molar-refractivity contribution in [2.45, 2.75) is 44.3 Å². The molecule has 0 aromatic heterocycles. The van der Waals surface area contributed by atoms with E-state index in [-0.39, 0.29) is 5.56 Å². The minimum absolute atomic E-state index is 0.0616. The van der Waals surface area contributed by atoms with E-state index in [0.29, 0.717) is 0 Å². The third-order valence-electron chi connectivity index (χ3n) is 2.23. The molecular weight excluding hydrogens is 279 g/mol. The average molecular weight is 295 g/mol. The standard InChI is InChI=1S/C12H16F3NO2S/c1-8-6-5-7-9(12(13,14)15)10(8)19(17,18)16-11(2,3)4/h5-7,16H,1-4H3. The van der Waals surface area contributed by atoms with Crippen molar-refractivity contribution in [3.05, 3.63) is 29.3 Å². The fourth-order valence-electron chi connectivity index (χ4n) is 1.69. The number of nitrogens with one attached hydrogen (secondary N) is 1. The van der Waals surface area contributed by atoms with Crippen LogP contribution in [0.3, 0.4) is 0 Å². The van der Waals surface area contributed by atoms with Gasteiger partial charge in [0.05, 0.1) is 10.5 Å². The summed E-state index contributed by atoms with van der Waals surface area (Å²) in [5.74, 6) is 0. The van der Waals surface area contributed by atoms with Crippen LogP contribution >= 0.6 is 0 Å². The Balaban J connectivity index is 3.51. The molecule has 0 heterocycles. The predicted molar refractivity (Wildman–Crippen MR) is 66.3 cm³/mol. The van der Waals surface area contributed by atoms with Crippen LogP contribution < -0.4 is 4.72 Å². The molecule has 1 N–H and O–H groups in total. The first-order valence-corrected chi connectivity index (χ1v) is 7.04. The van der Waals surface area contributed by atoms with Gasteiger partial charge in [0.25, 0.3) is 0 Å². The summed E-state index contributed by atoms with van der Waals surface area (Å²) in [5.41, 5.74) is -1.94. The number of hydrogen-bond acceptors (Lipinski definition) is 2. The maximum Gasteiger partial charge on any atom is 0.417 e.